The highest BCUT2D eigenvalue weighted by molar-refractivity contribution is 9.10. The average Bonchev–Trinajstić information content (AvgIpc) is 2.39. The summed E-state index contributed by atoms with van der Waals surface area (Å²) >= 11 is 3.18. The number of non-ortho nitro benzene ring substituents is 1. The number of amides is 1. The first-order chi connectivity index (χ1) is 9.06. The van der Waals surface area contributed by atoms with Gasteiger partial charge in [-0.2, -0.15) is 0 Å². The van der Waals surface area contributed by atoms with Gasteiger partial charge in [0.15, 0.2) is 0 Å². The van der Waals surface area contributed by atoms with Gasteiger partial charge in [-0.05, 0) is 25.5 Å². The Hall–Kier alpha value is -1.18. The van der Waals surface area contributed by atoms with Crippen LogP contribution < -0.4 is 10.6 Å². The molecule has 2 N–H and O–H groups in total. The minimum absolute atomic E-state index is 0. The van der Waals surface area contributed by atoms with Crippen molar-refractivity contribution in [3.63, 3.8) is 0 Å². The van der Waals surface area contributed by atoms with Crippen molar-refractivity contribution in [3.8, 4) is 0 Å². The highest BCUT2D eigenvalue weighted by Crippen LogP contribution is 2.21. The fourth-order valence-electron chi connectivity index (χ4n) is 2.05. The van der Waals surface area contributed by atoms with Gasteiger partial charge in [-0.3, -0.25) is 14.9 Å². The predicted molar refractivity (Wildman–Crippen MR) is 81.4 cm³/mol. The second kappa shape index (κ2) is 7.56. The summed E-state index contributed by atoms with van der Waals surface area (Å²) in [7, 11) is 0. The summed E-state index contributed by atoms with van der Waals surface area (Å²) in [6.07, 6.45) is 1.94. The lowest BCUT2D eigenvalue weighted by molar-refractivity contribution is -0.385. The van der Waals surface area contributed by atoms with E-state index in [9.17, 15) is 14.9 Å². The van der Waals surface area contributed by atoms with Crippen molar-refractivity contribution in [1.82, 2.24) is 10.6 Å². The first kappa shape index (κ1) is 16.9. The number of nitro groups is 1. The van der Waals surface area contributed by atoms with Gasteiger partial charge >= 0.3 is 0 Å². The molecule has 0 spiro atoms. The van der Waals surface area contributed by atoms with Crippen LogP contribution in [-0.4, -0.2) is 30.0 Å². The van der Waals surface area contributed by atoms with Gasteiger partial charge in [-0.15, -0.1) is 12.4 Å². The lowest BCUT2D eigenvalue weighted by Crippen LogP contribution is -2.45. The van der Waals surface area contributed by atoms with Crippen LogP contribution in [0.2, 0.25) is 0 Å². The second-order valence-corrected chi connectivity index (χ2v) is 5.39. The van der Waals surface area contributed by atoms with Crippen LogP contribution >= 0.6 is 28.3 Å². The molecule has 6 nitrogen and oxygen atoms in total. The van der Waals surface area contributed by atoms with E-state index >= 15 is 0 Å². The molecular formula is C12H15BrClN3O3. The van der Waals surface area contributed by atoms with Crippen molar-refractivity contribution in [2.45, 2.75) is 18.9 Å². The summed E-state index contributed by atoms with van der Waals surface area (Å²) < 4.78 is 0.522. The Bertz CT molecular complexity index is 507. The maximum absolute atomic E-state index is 12.1. The van der Waals surface area contributed by atoms with Crippen LogP contribution in [0.5, 0.6) is 0 Å². The van der Waals surface area contributed by atoms with E-state index in [4.69, 9.17) is 0 Å². The molecule has 1 aromatic rings. The van der Waals surface area contributed by atoms with Crippen LogP contribution in [0.1, 0.15) is 23.2 Å². The fraction of sp³-hybridized carbons (Fsp3) is 0.417. The lowest BCUT2D eigenvalue weighted by Gasteiger charge is -2.23. The molecule has 2 rings (SSSR count). The third-order valence-electron chi connectivity index (χ3n) is 2.99. The molecule has 1 atom stereocenters. The minimum Gasteiger partial charge on any atom is -0.348 e. The monoisotopic (exact) mass is 363 g/mol. The number of hydrogen-bond donors (Lipinski definition) is 2. The smallest absolute Gasteiger partial charge is 0.271 e. The Balaban J connectivity index is 0.00000200. The summed E-state index contributed by atoms with van der Waals surface area (Å²) in [5, 5.41) is 16.8. The SMILES string of the molecule is Cl.O=C(N[C@H]1CCCNC1)c1cc(Br)cc([N+](=O)[O-])c1. The van der Waals surface area contributed by atoms with Gasteiger partial charge in [0.25, 0.3) is 11.6 Å². The highest BCUT2D eigenvalue weighted by atomic mass is 79.9. The number of halogens is 2. The third-order valence-corrected chi connectivity index (χ3v) is 3.45. The van der Waals surface area contributed by atoms with Crippen molar-refractivity contribution in [1.29, 1.82) is 0 Å². The Kier molecular flexibility index (Phi) is 6.38. The van der Waals surface area contributed by atoms with Gasteiger partial charge in [0.2, 0.25) is 0 Å². The van der Waals surface area contributed by atoms with Gasteiger partial charge < -0.3 is 10.6 Å². The number of piperidine rings is 1. The zero-order valence-corrected chi connectivity index (χ0v) is 13.0. The minimum atomic E-state index is -0.510. The van der Waals surface area contributed by atoms with Crippen molar-refractivity contribution in [2.75, 3.05) is 13.1 Å². The largest absolute Gasteiger partial charge is 0.348 e. The van der Waals surface area contributed by atoms with Crippen molar-refractivity contribution < 1.29 is 9.72 Å². The van der Waals surface area contributed by atoms with E-state index in [-0.39, 0.29) is 30.0 Å². The molecule has 1 fully saturated rings. The topological polar surface area (TPSA) is 84.3 Å². The molecule has 20 heavy (non-hydrogen) atoms. The molecule has 110 valence electrons. The molecule has 1 aliphatic rings. The molecule has 0 aromatic heterocycles. The van der Waals surface area contributed by atoms with E-state index < -0.39 is 4.92 Å². The zero-order chi connectivity index (χ0) is 13.8. The van der Waals surface area contributed by atoms with Crippen LogP contribution in [0.25, 0.3) is 0 Å². The molecule has 1 aliphatic heterocycles. The summed E-state index contributed by atoms with van der Waals surface area (Å²) in [6.45, 7) is 1.70. The summed E-state index contributed by atoms with van der Waals surface area (Å²) in [4.78, 5) is 22.3. The number of hydrogen-bond acceptors (Lipinski definition) is 4. The molecule has 1 heterocycles. The highest BCUT2D eigenvalue weighted by Gasteiger charge is 2.18. The molecule has 0 saturated carbocycles. The number of nitrogens with one attached hydrogen (secondary N) is 2. The quantitative estimate of drug-likeness (QED) is 0.636. The van der Waals surface area contributed by atoms with Gasteiger partial charge in [-0.1, -0.05) is 15.9 Å². The standard InChI is InChI=1S/C12H14BrN3O3.ClH/c13-9-4-8(5-11(6-9)16(18)19)12(17)15-10-2-1-3-14-7-10;/h4-6,10,14H,1-3,7H2,(H,15,17);1H/t10-;/m0./s1. The third kappa shape index (κ3) is 4.43. The summed E-state index contributed by atoms with van der Waals surface area (Å²) in [5.74, 6) is -0.280. The maximum Gasteiger partial charge on any atom is 0.271 e. The summed E-state index contributed by atoms with van der Waals surface area (Å²) in [5.41, 5.74) is 0.202. The van der Waals surface area contributed by atoms with E-state index in [0.717, 1.165) is 25.9 Å². The van der Waals surface area contributed by atoms with Crippen LogP contribution in [-0.2, 0) is 0 Å². The molecule has 1 saturated heterocycles. The molecule has 0 unspecified atom stereocenters. The normalized spacial score (nSPS) is 17.9. The fourth-order valence-corrected chi connectivity index (χ4v) is 2.54. The molecular weight excluding hydrogens is 350 g/mol. The summed E-state index contributed by atoms with van der Waals surface area (Å²) in [6, 6.07) is 4.33. The molecule has 1 aromatic carbocycles. The van der Waals surface area contributed by atoms with Gasteiger partial charge in [-0.25, -0.2) is 0 Å². The maximum atomic E-state index is 12.1. The van der Waals surface area contributed by atoms with Crippen LogP contribution in [0.15, 0.2) is 22.7 Å². The molecule has 0 aliphatic carbocycles. The predicted octanol–water partition coefficient (Wildman–Crippen LogP) is 2.26. The van der Waals surface area contributed by atoms with E-state index in [1.54, 1.807) is 6.07 Å². The van der Waals surface area contributed by atoms with Crippen LogP contribution in [0.4, 0.5) is 5.69 Å². The Labute approximate surface area is 131 Å². The Morgan fingerprint density at radius 1 is 1.45 bits per heavy atom. The van der Waals surface area contributed by atoms with Gasteiger partial charge in [0, 0.05) is 34.8 Å². The molecule has 0 bridgehead atoms. The average molecular weight is 365 g/mol. The number of nitrogens with zero attached hydrogens (tertiary/aromatic N) is 1. The Morgan fingerprint density at radius 2 is 2.20 bits per heavy atom. The van der Waals surface area contributed by atoms with Crippen molar-refractivity contribution in [3.05, 3.63) is 38.3 Å². The van der Waals surface area contributed by atoms with E-state index in [0.29, 0.717) is 10.0 Å². The first-order valence-corrected chi connectivity index (χ1v) is 6.82. The van der Waals surface area contributed by atoms with E-state index in [1.165, 1.54) is 12.1 Å². The molecule has 0 radical (unpaired) electrons. The number of nitro benzene ring substituents is 1. The van der Waals surface area contributed by atoms with Gasteiger partial charge in [0.05, 0.1) is 4.92 Å². The van der Waals surface area contributed by atoms with Gasteiger partial charge in [0.1, 0.15) is 0 Å². The number of carbonyl (C=O) groups excluding carboxylic acids is 1. The number of rotatable bonds is 3. The van der Waals surface area contributed by atoms with E-state index in [2.05, 4.69) is 26.6 Å². The van der Waals surface area contributed by atoms with E-state index in [1.807, 2.05) is 0 Å². The molecule has 1 amide bonds. The second-order valence-electron chi connectivity index (χ2n) is 4.47. The Morgan fingerprint density at radius 3 is 2.80 bits per heavy atom. The lowest BCUT2D eigenvalue weighted by atomic mass is 10.1. The van der Waals surface area contributed by atoms with Crippen molar-refractivity contribution >= 4 is 39.9 Å². The van der Waals surface area contributed by atoms with Crippen LogP contribution in [0, 0.1) is 10.1 Å². The molecule has 8 heteroatoms. The van der Waals surface area contributed by atoms with Crippen LogP contribution in [0.3, 0.4) is 0 Å². The number of benzene rings is 1. The zero-order valence-electron chi connectivity index (χ0n) is 10.6. The van der Waals surface area contributed by atoms with Crippen molar-refractivity contribution in [2.24, 2.45) is 0 Å². The first-order valence-electron chi connectivity index (χ1n) is 6.03. The number of carbonyl (C=O) groups is 1.